The maximum Gasteiger partial charge on any atom is 0.168 e. The predicted molar refractivity (Wildman–Crippen MR) is 87.1 cm³/mol. The molecule has 25 heavy (non-hydrogen) atoms. The standard InChI is InChI=1S/C14H17N7O4/c1-14(24)8(23)5(2-22)25-13(14)21-11-6(9(15)17-3-19-11)7-10(16)18-4-20-12(7)21/h3-5,8,13,22-24H,2H2,1H3,(H2,15,17,19)(H2,16,18,20)/t5-,8-,13-,14-/m1/s1. The highest BCUT2D eigenvalue weighted by Gasteiger charge is 2.53. The molecule has 0 amide bonds. The zero-order valence-corrected chi connectivity index (χ0v) is 13.2. The van der Waals surface area contributed by atoms with Crippen LogP contribution in [-0.4, -0.2) is 64.2 Å². The van der Waals surface area contributed by atoms with Crippen LogP contribution in [0.15, 0.2) is 12.7 Å². The van der Waals surface area contributed by atoms with Gasteiger partial charge in [0.2, 0.25) is 0 Å². The number of nitrogens with zero attached hydrogens (tertiary/aromatic N) is 5. The minimum atomic E-state index is -1.72. The van der Waals surface area contributed by atoms with Gasteiger partial charge in [-0.15, -0.1) is 0 Å². The summed E-state index contributed by atoms with van der Waals surface area (Å²) >= 11 is 0. The molecule has 0 spiro atoms. The molecule has 7 N–H and O–H groups in total. The number of anilines is 2. The Bertz CT molecular complexity index is 913. The van der Waals surface area contributed by atoms with E-state index in [4.69, 9.17) is 16.2 Å². The van der Waals surface area contributed by atoms with E-state index in [-0.39, 0.29) is 11.6 Å². The fourth-order valence-corrected chi connectivity index (χ4v) is 3.31. The number of rotatable bonds is 2. The van der Waals surface area contributed by atoms with Crippen molar-refractivity contribution in [1.82, 2.24) is 24.5 Å². The normalized spacial score (nSPS) is 29.7. The number of aliphatic hydroxyl groups is 3. The van der Waals surface area contributed by atoms with Crippen LogP contribution in [0.2, 0.25) is 0 Å². The molecule has 0 saturated carbocycles. The molecule has 4 heterocycles. The highest BCUT2D eigenvalue weighted by Crippen LogP contribution is 2.43. The SMILES string of the molecule is C[C@@]1(O)[C@H](O)[C@@H](CO)O[C@H]1n1c2ncnc(N)c2c2c(N)ncnc21. The van der Waals surface area contributed by atoms with Gasteiger partial charge in [-0.1, -0.05) is 0 Å². The number of nitrogens with two attached hydrogens (primary N) is 2. The summed E-state index contributed by atoms with van der Waals surface area (Å²) in [4.78, 5) is 16.4. The summed E-state index contributed by atoms with van der Waals surface area (Å²) in [5.74, 6) is 0.347. The minimum absolute atomic E-state index is 0.173. The quantitative estimate of drug-likeness (QED) is 0.368. The van der Waals surface area contributed by atoms with Crippen LogP contribution in [-0.2, 0) is 4.74 Å². The van der Waals surface area contributed by atoms with Gasteiger partial charge in [-0.05, 0) is 6.92 Å². The molecule has 1 aliphatic heterocycles. The first kappa shape index (κ1) is 15.9. The van der Waals surface area contributed by atoms with Crippen LogP contribution < -0.4 is 11.5 Å². The summed E-state index contributed by atoms with van der Waals surface area (Å²) in [5.41, 5.74) is 10.9. The molecule has 0 radical (unpaired) electrons. The average Bonchev–Trinajstić information content (AvgIpc) is 3.02. The van der Waals surface area contributed by atoms with E-state index in [0.717, 1.165) is 0 Å². The Morgan fingerprint density at radius 3 is 2.08 bits per heavy atom. The lowest BCUT2D eigenvalue weighted by atomic mass is 9.96. The van der Waals surface area contributed by atoms with Crippen molar-refractivity contribution in [2.75, 3.05) is 18.1 Å². The number of nitrogen functional groups attached to an aromatic ring is 2. The summed E-state index contributed by atoms with van der Waals surface area (Å²) in [5, 5.41) is 31.3. The summed E-state index contributed by atoms with van der Waals surface area (Å²) in [7, 11) is 0. The van der Waals surface area contributed by atoms with E-state index < -0.39 is 30.6 Å². The van der Waals surface area contributed by atoms with Crippen LogP contribution in [0.25, 0.3) is 22.1 Å². The van der Waals surface area contributed by atoms with Gasteiger partial charge in [-0.3, -0.25) is 4.57 Å². The van der Waals surface area contributed by atoms with E-state index in [2.05, 4.69) is 19.9 Å². The van der Waals surface area contributed by atoms with Gasteiger partial charge in [0.25, 0.3) is 0 Å². The molecule has 0 aliphatic carbocycles. The Morgan fingerprint density at radius 1 is 1.12 bits per heavy atom. The topological polar surface area (TPSA) is 178 Å². The van der Waals surface area contributed by atoms with E-state index in [1.807, 2.05) is 0 Å². The predicted octanol–water partition coefficient (Wildman–Crippen LogP) is -1.46. The van der Waals surface area contributed by atoms with Crippen molar-refractivity contribution >= 4 is 33.7 Å². The molecular weight excluding hydrogens is 330 g/mol. The highest BCUT2D eigenvalue weighted by atomic mass is 16.6. The highest BCUT2D eigenvalue weighted by molar-refractivity contribution is 6.14. The summed E-state index contributed by atoms with van der Waals surface area (Å²) in [6, 6.07) is 0. The van der Waals surface area contributed by atoms with Gasteiger partial charge in [0.1, 0.15) is 53.4 Å². The third kappa shape index (κ3) is 2.00. The minimum Gasteiger partial charge on any atom is -0.394 e. The molecule has 0 unspecified atom stereocenters. The number of fused-ring (bicyclic) bond motifs is 3. The first-order chi connectivity index (χ1) is 11.9. The molecule has 3 aromatic heterocycles. The van der Waals surface area contributed by atoms with Gasteiger partial charge in [0, 0.05) is 0 Å². The van der Waals surface area contributed by atoms with E-state index in [0.29, 0.717) is 22.1 Å². The van der Waals surface area contributed by atoms with Crippen molar-refractivity contribution in [3.05, 3.63) is 12.7 Å². The summed E-state index contributed by atoms with van der Waals surface area (Å²) in [6.45, 7) is 0.948. The van der Waals surface area contributed by atoms with Crippen molar-refractivity contribution in [3.63, 3.8) is 0 Å². The van der Waals surface area contributed by atoms with Gasteiger partial charge < -0.3 is 31.5 Å². The lowest BCUT2D eigenvalue weighted by Crippen LogP contribution is -2.44. The third-order valence-electron chi connectivity index (χ3n) is 4.59. The van der Waals surface area contributed by atoms with Gasteiger partial charge in [-0.2, -0.15) is 0 Å². The molecular formula is C14H17N7O4. The van der Waals surface area contributed by atoms with Crippen molar-refractivity contribution in [2.45, 2.75) is 31.0 Å². The fraction of sp³-hybridized carbons (Fsp3) is 0.429. The van der Waals surface area contributed by atoms with Crippen LogP contribution in [0, 0.1) is 0 Å². The van der Waals surface area contributed by atoms with Crippen LogP contribution in [0.5, 0.6) is 0 Å². The molecule has 1 fully saturated rings. The summed E-state index contributed by atoms with van der Waals surface area (Å²) in [6.07, 6.45) is -0.830. The van der Waals surface area contributed by atoms with E-state index in [1.54, 1.807) is 0 Å². The molecule has 4 rings (SSSR count). The molecule has 11 heteroatoms. The van der Waals surface area contributed by atoms with Crippen LogP contribution >= 0.6 is 0 Å². The third-order valence-corrected chi connectivity index (χ3v) is 4.59. The summed E-state index contributed by atoms with van der Waals surface area (Å²) < 4.78 is 7.17. The number of ether oxygens (including phenoxy) is 1. The second-order valence-electron chi connectivity index (χ2n) is 6.17. The second kappa shape index (κ2) is 5.20. The molecule has 4 atom stereocenters. The Labute approximate surface area is 140 Å². The molecule has 0 bridgehead atoms. The number of hydrogen-bond donors (Lipinski definition) is 5. The van der Waals surface area contributed by atoms with Crippen LogP contribution in [0.4, 0.5) is 11.6 Å². The molecule has 132 valence electrons. The maximum atomic E-state index is 10.8. The first-order valence-corrected chi connectivity index (χ1v) is 7.55. The van der Waals surface area contributed by atoms with Gasteiger partial charge >= 0.3 is 0 Å². The zero-order valence-electron chi connectivity index (χ0n) is 13.2. The first-order valence-electron chi connectivity index (χ1n) is 7.55. The van der Waals surface area contributed by atoms with Gasteiger partial charge in [0.05, 0.1) is 17.4 Å². The van der Waals surface area contributed by atoms with E-state index in [9.17, 15) is 15.3 Å². The monoisotopic (exact) mass is 347 g/mol. The Hall–Kier alpha value is -2.60. The smallest absolute Gasteiger partial charge is 0.168 e. The largest absolute Gasteiger partial charge is 0.394 e. The van der Waals surface area contributed by atoms with Gasteiger partial charge in [-0.25, -0.2) is 19.9 Å². The zero-order chi connectivity index (χ0) is 17.9. The van der Waals surface area contributed by atoms with Gasteiger partial charge in [0.15, 0.2) is 6.23 Å². The Morgan fingerprint density at radius 2 is 1.64 bits per heavy atom. The van der Waals surface area contributed by atoms with Crippen LogP contribution in [0.1, 0.15) is 13.2 Å². The fourth-order valence-electron chi connectivity index (χ4n) is 3.31. The van der Waals surface area contributed by atoms with Crippen LogP contribution in [0.3, 0.4) is 0 Å². The molecule has 3 aromatic rings. The second-order valence-corrected chi connectivity index (χ2v) is 6.17. The number of aliphatic hydroxyl groups excluding tert-OH is 2. The van der Waals surface area contributed by atoms with Crippen molar-refractivity contribution < 1.29 is 20.1 Å². The molecule has 0 aromatic carbocycles. The molecule has 1 aliphatic rings. The average molecular weight is 347 g/mol. The maximum absolute atomic E-state index is 10.8. The number of aromatic nitrogens is 5. The van der Waals surface area contributed by atoms with E-state index >= 15 is 0 Å². The van der Waals surface area contributed by atoms with E-state index in [1.165, 1.54) is 24.1 Å². The lowest BCUT2D eigenvalue weighted by Gasteiger charge is -2.27. The molecule has 11 nitrogen and oxygen atoms in total. The van der Waals surface area contributed by atoms with Crippen molar-refractivity contribution in [2.24, 2.45) is 0 Å². The van der Waals surface area contributed by atoms with Crippen molar-refractivity contribution in [3.8, 4) is 0 Å². The Balaban J connectivity index is 2.08. The van der Waals surface area contributed by atoms with Crippen molar-refractivity contribution in [1.29, 1.82) is 0 Å². The molecule has 1 saturated heterocycles. The lowest BCUT2D eigenvalue weighted by molar-refractivity contribution is -0.0932. The Kier molecular flexibility index (Phi) is 3.30. The number of hydrogen-bond acceptors (Lipinski definition) is 10.